The second kappa shape index (κ2) is 8.24. The largest absolute Gasteiger partial charge is 0.450 e. The lowest BCUT2D eigenvalue weighted by molar-refractivity contribution is 0.0983. The Balaban J connectivity index is 1.61. The Morgan fingerprint density at radius 3 is 2.41 bits per heavy atom. The number of nitrogens with one attached hydrogen (secondary N) is 2. The number of hydrogen-bond acceptors (Lipinski definition) is 6. The second-order valence-electron chi connectivity index (χ2n) is 6.79. The van der Waals surface area contributed by atoms with E-state index < -0.39 is 10.9 Å². The molecule has 1 saturated heterocycles. The van der Waals surface area contributed by atoms with Crippen LogP contribution in [-0.2, 0) is 4.74 Å². The van der Waals surface area contributed by atoms with Gasteiger partial charge >= 0.3 is 6.09 Å². The van der Waals surface area contributed by atoms with E-state index in [1.54, 1.807) is 11.8 Å². The Hall–Kier alpha value is -2.83. The lowest BCUT2D eigenvalue weighted by Crippen LogP contribution is -2.45. The zero-order valence-corrected chi connectivity index (χ0v) is 15.7. The summed E-state index contributed by atoms with van der Waals surface area (Å²) in [4.78, 5) is 37.5. The van der Waals surface area contributed by atoms with Crippen LogP contribution in [0.2, 0.25) is 0 Å². The second-order valence-corrected chi connectivity index (χ2v) is 6.79. The van der Waals surface area contributed by atoms with Crippen LogP contribution in [0, 0.1) is 0 Å². The Morgan fingerprint density at radius 1 is 1.15 bits per heavy atom. The highest BCUT2D eigenvalue weighted by atomic mass is 16.6. The van der Waals surface area contributed by atoms with Gasteiger partial charge in [-0.15, -0.1) is 0 Å². The van der Waals surface area contributed by atoms with Crippen molar-refractivity contribution in [3.8, 4) is 0 Å². The molecule has 0 aromatic heterocycles. The first kappa shape index (κ1) is 18.9. The van der Waals surface area contributed by atoms with Gasteiger partial charge in [0.15, 0.2) is 0 Å². The highest BCUT2D eigenvalue weighted by Gasteiger charge is 2.28. The summed E-state index contributed by atoms with van der Waals surface area (Å²) in [5, 5.41) is 6.36. The normalized spacial score (nSPS) is 16.1. The summed E-state index contributed by atoms with van der Waals surface area (Å²) in [5.41, 5.74) is 0.788. The molecule has 0 radical (unpaired) electrons. The Morgan fingerprint density at radius 2 is 1.78 bits per heavy atom. The fourth-order valence-corrected chi connectivity index (χ4v) is 3.33. The minimum atomic E-state index is -0.482. The number of anilines is 2. The highest BCUT2D eigenvalue weighted by molar-refractivity contribution is 5.75. The molecule has 0 spiro atoms. The fraction of sp³-hybridized carbons (Fsp3) is 0.450. The molecule has 7 heteroatoms. The van der Waals surface area contributed by atoms with Gasteiger partial charge in [0, 0.05) is 25.2 Å². The number of carbonyl (C=O) groups excluding carboxylic acids is 1. The molecule has 1 heterocycles. The van der Waals surface area contributed by atoms with Crippen molar-refractivity contribution in [2.75, 3.05) is 30.3 Å². The van der Waals surface area contributed by atoms with Crippen LogP contribution >= 0.6 is 0 Å². The topological polar surface area (TPSA) is 87.7 Å². The maximum atomic E-state index is 12.0. The first-order chi connectivity index (χ1) is 13.0. The van der Waals surface area contributed by atoms with Crippen molar-refractivity contribution >= 4 is 17.5 Å². The van der Waals surface area contributed by atoms with Crippen LogP contribution in [0.1, 0.15) is 38.3 Å². The van der Waals surface area contributed by atoms with E-state index >= 15 is 0 Å². The van der Waals surface area contributed by atoms with Gasteiger partial charge in [0.2, 0.25) is 0 Å². The zero-order valence-electron chi connectivity index (χ0n) is 15.7. The number of hydrogen-bond donors (Lipinski definition) is 2. The molecular formula is C20H25N3O4. The average Bonchev–Trinajstić information content (AvgIpc) is 2.71. The standard InChI is InChI=1S/C20H25N3O4/c1-3-27-20(26)23-11-9-15(10-12-23)22-17-16(18(24)19(17)25)21-13(2)14-7-5-4-6-8-14/h4-8,13,15,21-22H,3,9-12H2,1-2H3/t13-/m1/s1. The molecule has 144 valence electrons. The van der Waals surface area contributed by atoms with Crippen LogP contribution in [0.25, 0.3) is 0 Å². The molecule has 1 atom stereocenters. The van der Waals surface area contributed by atoms with E-state index in [0.29, 0.717) is 43.9 Å². The summed E-state index contributed by atoms with van der Waals surface area (Å²) >= 11 is 0. The molecule has 1 aliphatic heterocycles. The van der Waals surface area contributed by atoms with Gasteiger partial charge in [0.25, 0.3) is 10.9 Å². The van der Waals surface area contributed by atoms with Crippen LogP contribution in [0.15, 0.2) is 39.9 Å². The molecule has 1 fully saturated rings. The van der Waals surface area contributed by atoms with E-state index in [-0.39, 0.29) is 18.2 Å². The molecule has 1 amide bonds. The third-order valence-corrected chi connectivity index (χ3v) is 4.94. The maximum absolute atomic E-state index is 12.0. The molecule has 7 nitrogen and oxygen atoms in total. The summed E-state index contributed by atoms with van der Waals surface area (Å²) in [5.74, 6) is 0. The van der Waals surface area contributed by atoms with E-state index in [0.717, 1.165) is 5.56 Å². The minimum Gasteiger partial charge on any atom is -0.450 e. The van der Waals surface area contributed by atoms with Crippen molar-refractivity contribution in [2.24, 2.45) is 0 Å². The predicted molar refractivity (Wildman–Crippen MR) is 105 cm³/mol. The number of amides is 1. The molecule has 3 rings (SSSR count). The predicted octanol–water partition coefficient (Wildman–Crippen LogP) is 2.49. The van der Waals surface area contributed by atoms with Gasteiger partial charge in [-0.2, -0.15) is 0 Å². The van der Waals surface area contributed by atoms with Crippen LogP contribution in [-0.4, -0.2) is 36.7 Å². The summed E-state index contributed by atoms with van der Waals surface area (Å²) < 4.78 is 5.01. The number of rotatable bonds is 6. The van der Waals surface area contributed by atoms with Gasteiger partial charge < -0.3 is 20.3 Å². The Labute approximate surface area is 158 Å². The number of likely N-dealkylation sites (tertiary alicyclic amines) is 1. The molecule has 27 heavy (non-hydrogen) atoms. The molecule has 1 aliphatic rings. The van der Waals surface area contributed by atoms with Gasteiger partial charge in [-0.3, -0.25) is 9.59 Å². The molecule has 0 saturated carbocycles. The number of carbonyl (C=O) groups is 1. The number of piperidine rings is 1. The van der Waals surface area contributed by atoms with Crippen LogP contribution < -0.4 is 21.5 Å². The van der Waals surface area contributed by atoms with E-state index in [1.807, 2.05) is 37.3 Å². The summed E-state index contributed by atoms with van der Waals surface area (Å²) in [7, 11) is 0. The van der Waals surface area contributed by atoms with Crippen molar-refractivity contribution in [2.45, 2.75) is 38.8 Å². The number of nitrogens with zero attached hydrogens (tertiary/aromatic N) is 1. The lowest BCUT2D eigenvalue weighted by Gasteiger charge is -2.32. The molecule has 0 unspecified atom stereocenters. The van der Waals surface area contributed by atoms with Gasteiger partial charge in [-0.05, 0) is 32.3 Å². The van der Waals surface area contributed by atoms with Crippen molar-refractivity contribution in [1.82, 2.24) is 4.90 Å². The highest BCUT2D eigenvalue weighted by Crippen LogP contribution is 2.24. The van der Waals surface area contributed by atoms with E-state index in [1.165, 1.54) is 0 Å². The Kier molecular flexibility index (Phi) is 5.78. The first-order valence-electron chi connectivity index (χ1n) is 9.34. The average molecular weight is 371 g/mol. The fourth-order valence-electron chi connectivity index (χ4n) is 3.33. The van der Waals surface area contributed by atoms with Crippen molar-refractivity contribution < 1.29 is 9.53 Å². The minimum absolute atomic E-state index is 0.0477. The first-order valence-corrected chi connectivity index (χ1v) is 9.34. The molecule has 0 bridgehead atoms. The van der Waals surface area contributed by atoms with E-state index in [2.05, 4.69) is 10.6 Å². The van der Waals surface area contributed by atoms with Gasteiger partial charge in [-0.25, -0.2) is 4.79 Å². The third kappa shape index (κ3) is 4.13. The number of ether oxygens (including phenoxy) is 1. The summed E-state index contributed by atoms with van der Waals surface area (Å²) in [6, 6.07) is 9.72. The van der Waals surface area contributed by atoms with Crippen LogP contribution in [0.3, 0.4) is 0 Å². The van der Waals surface area contributed by atoms with Crippen LogP contribution in [0.4, 0.5) is 16.2 Å². The monoisotopic (exact) mass is 371 g/mol. The van der Waals surface area contributed by atoms with Crippen molar-refractivity contribution in [3.63, 3.8) is 0 Å². The zero-order chi connectivity index (χ0) is 19.4. The SMILES string of the molecule is CCOC(=O)N1CCC(Nc2c(N[C@H](C)c3ccccc3)c(=O)c2=O)CC1. The Bertz CT molecular complexity index is 850. The maximum Gasteiger partial charge on any atom is 0.409 e. The van der Waals surface area contributed by atoms with Gasteiger partial charge in [0.05, 0.1) is 6.61 Å². The smallest absolute Gasteiger partial charge is 0.409 e. The molecular weight excluding hydrogens is 346 g/mol. The lowest BCUT2D eigenvalue weighted by atomic mass is 10.0. The van der Waals surface area contributed by atoms with Crippen molar-refractivity contribution in [1.29, 1.82) is 0 Å². The van der Waals surface area contributed by atoms with Crippen LogP contribution in [0.5, 0.6) is 0 Å². The number of benzene rings is 1. The summed E-state index contributed by atoms with van der Waals surface area (Å²) in [6.07, 6.45) is 1.10. The quantitative estimate of drug-likeness (QED) is 0.759. The molecule has 0 aliphatic carbocycles. The van der Waals surface area contributed by atoms with Gasteiger partial charge in [-0.1, -0.05) is 30.3 Å². The van der Waals surface area contributed by atoms with Gasteiger partial charge in [0.1, 0.15) is 11.4 Å². The molecule has 2 aromatic rings. The third-order valence-electron chi connectivity index (χ3n) is 4.94. The molecule has 2 N–H and O–H groups in total. The van der Waals surface area contributed by atoms with Crippen molar-refractivity contribution in [3.05, 3.63) is 56.3 Å². The van der Waals surface area contributed by atoms with E-state index in [4.69, 9.17) is 4.74 Å². The summed E-state index contributed by atoms with van der Waals surface area (Å²) in [6.45, 7) is 5.22. The molecule has 2 aromatic carbocycles. The van der Waals surface area contributed by atoms with E-state index in [9.17, 15) is 14.4 Å².